The molecule has 0 saturated heterocycles. The molecule has 0 unspecified atom stereocenters. The summed E-state index contributed by atoms with van der Waals surface area (Å²) >= 11 is 0. The van der Waals surface area contributed by atoms with Crippen LogP contribution in [0.15, 0.2) is 48.5 Å². The Morgan fingerprint density at radius 2 is 1.86 bits per heavy atom. The van der Waals surface area contributed by atoms with E-state index in [-0.39, 0.29) is 12.1 Å². The van der Waals surface area contributed by atoms with Crippen LogP contribution in [-0.2, 0) is 6.54 Å². The molecule has 2 aromatic carbocycles. The second-order valence-electron chi connectivity index (χ2n) is 5.49. The molecule has 2 N–H and O–H groups in total. The molecular formula is C18H22N2O2. The first-order valence-corrected chi connectivity index (χ1v) is 7.40. The maximum absolute atomic E-state index is 11.9. The molecule has 116 valence electrons. The van der Waals surface area contributed by atoms with Crippen LogP contribution in [0.1, 0.15) is 25.0 Å². The summed E-state index contributed by atoms with van der Waals surface area (Å²) in [5.41, 5.74) is 2.99. The van der Waals surface area contributed by atoms with Crippen LogP contribution >= 0.6 is 0 Å². The molecule has 0 aromatic heterocycles. The molecule has 4 heteroatoms. The fourth-order valence-electron chi connectivity index (χ4n) is 2.07. The Bertz CT molecular complexity index is 621. The zero-order valence-electron chi connectivity index (χ0n) is 13.2. The molecule has 22 heavy (non-hydrogen) atoms. The molecule has 0 saturated carbocycles. The zero-order chi connectivity index (χ0) is 15.9. The predicted octanol–water partition coefficient (Wildman–Crippen LogP) is 4.10. The number of amides is 2. The first-order chi connectivity index (χ1) is 10.5. The number of rotatable bonds is 5. The van der Waals surface area contributed by atoms with E-state index in [0.29, 0.717) is 6.54 Å². The number of urea groups is 1. The van der Waals surface area contributed by atoms with Crippen molar-refractivity contribution < 1.29 is 9.53 Å². The maximum atomic E-state index is 11.9. The van der Waals surface area contributed by atoms with Crippen molar-refractivity contribution in [2.45, 2.75) is 33.4 Å². The summed E-state index contributed by atoms with van der Waals surface area (Å²) in [5, 5.41) is 5.64. The van der Waals surface area contributed by atoms with Gasteiger partial charge in [0.25, 0.3) is 0 Å². The van der Waals surface area contributed by atoms with Gasteiger partial charge in [0.05, 0.1) is 6.10 Å². The Kier molecular flexibility index (Phi) is 5.42. The molecule has 2 amide bonds. The minimum Gasteiger partial charge on any atom is -0.491 e. The van der Waals surface area contributed by atoms with Crippen LogP contribution in [0, 0.1) is 6.92 Å². The van der Waals surface area contributed by atoms with E-state index in [9.17, 15) is 4.79 Å². The van der Waals surface area contributed by atoms with Gasteiger partial charge in [-0.3, -0.25) is 0 Å². The summed E-state index contributed by atoms with van der Waals surface area (Å²) < 4.78 is 5.56. The lowest BCUT2D eigenvalue weighted by Crippen LogP contribution is -2.28. The van der Waals surface area contributed by atoms with Gasteiger partial charge >= 0.3 is 6.03 Å². The van der Waals surface area contributed by atoms with Gasteiger partial charge in [0, 0.05) is 12.2 Å². The van der Waals surface area contributed by atoms with E-state index in [0.717, 1.165) is 17.0 Å². The van der Waals surface area contributed by atoms with Crippen molar-refractivity contribution in [2.75, 3.05) is 5.32 Å². The van der Waals surface area contributed by atoms with Gasteiger partial charge in [0.15, 0.2) is 0 Å². The van der Waals surface area contributed by atoms with Crippen molar-refractivity contribution in [3.63, 3.8) is 0 Å². The summed E-state index contributed by atoms with van der Waals surface area (Å²) in [6.07, 6.45) is 0.136. The first-order valence-electron chi connectivity index (χ1n) is 7.40. The lowest BCUT2D eigenvalue weighted by Gasteiger charge is -2.11. The highest BCUT2D eigenvalue weighted by Gasteiger charge is 2.03. The normalized spacial score (nSPS) is 10.4. The molecule has 0 bridgehead atoms. The van der Waals surface area contributed by atoms with E-state index in [1.165, 1.54) is 5.56 Å². The third-order valence-corrected chi connectivity index (χ3v) is 3.02. The van der Waals surface area contributed by atoms with Gasteiger partial charge in [-0.05, 0) is 50.6 Å². The highest BCUT2D eigenvalue weighted by Crippen LogP contribution is 2.16. The van der Waals surface area contributed by atoms with Gasteiger partial charge in [0.2, 0.25) is 0 Å². The molecule has 0 spiro atoms. The number of benzene rings is 2. The fourth-order valence-corrected chi connectivity index (χ4v) is 2.07. The highest BCUT2D eigenvalue weighted by molar-refractivity contribution is 5.89. The van der Waals surface area contributed by atoms with Gasteiger partial charge in [-0.1, -0.05) is 29.8 Å². The van der Waals surface area contributed by atoms with Gasteiger partial charge in [-0.15, -0.1) is 0 Å². The van der Waals surface area contributed by atoms with Crippen LogP contribution in [0.2, 0.25) is 0 Å². The smallest absolute Gasteiger partial charge is 0.319 e. The van der Waals surface area contributed by atoms with Crippen LogP contribution in [0.25, 0.3) is 0 Å². The van der Waals surface area contributed by atoms with E-state index < -0.39 is 0 Å². The van der Waals surface area contributed by atoms with E-state index >= 15 is 0 Å². The molecule has 0 fully saturated rings. The van der Waals surface area contributed by atoms with Crippen LogP contribution in [0.3, 0.4) is 0 Å². The largest absolute Gasteiger partial charge is 0.491 e. The lowest BCUT2D eigenvalue weighted by molar-refractivity contribution is 0.242. The average molecular weight is 298 g/mol. The van der Waals surface area contributed by atoms with Gasteiger partial charge in [0.1, 0.15) is 5.75 Å². The molecule has 0 aliphatic carbocycles. The Labute approximate surface area is 131 Å². The zero-order valence-corrected chi connectivity index (χ0v) is 13.2. The molecule has 0 heterocycles. The topological polar surface area (TPSA) is 50.4 Å². The third-order valence-electron chi connectivity index (χ3n) is 3.02. The van der Waals surface area contributed by atoms with Crippen LogP contribution in [-0.4, -0.2) is 12.1 Å². The number of hydrogen-bond donors (Lipinski definition) is 2. The standard InChI is InChI=1S/C18H22N2O2/c1-13(2)22-17-9-7-16(8-10-17)20-18(21)19-12-15-6-4-5-14(3)11-15/h4-11,13H,12H2,1-3H3,(H2,19,20,21). The molecule has 0 atom stereocenters. The predicted molar refractivity (Wildman–Crippen MR) is 89.2 cm³/mol. The maximum Gasteiger partial charge on any atom is 0.319 e. The Balaban J connectivity index is 1.84. The summed E-state index contributed by atoms with van der Waals surface area (Å²) in [4.78, 5) is 11.9. The van der Waals surface area contributed by atoms with Crippen LogP contribution in [0.5, 0.6) is 5.75 Å². The summed E-state index contributed by atoms with van der Waals surface area (Å²) in [6, 6.07) is 15.2. The van der Waals surface area contributed by atoms with Crippen molar-refractivity contribution >= 4 is 11.7 Å². The second-order valence-corrected chi connectivity index (χ2v) is 5.49. The Morgan fingerprint density at radius 3 is 2.50 bits per heavy atom. The first kappa shape index (κ1) is 15.9. The molecule has 0 aliphatic rings. The molecule has 2 rings (SSSR count). The number of hydrogen-bond acceptors (Lipinski definition) is 2. The molecule has 4 nitrogen and oxygen atoms in total. The van der Waals surface area contributed by atoms with Crippen molar-refractivity contribution in [3.8, 4) is 5.75 Å². The molecular weight excluding hydrogens is 276 g/mol. The lowest BCUT2D eigenvalue weighted by atomic mass is 10.1. The molecule has 0 radical (unpaired) electrons. The highest BCUT2D eigenvalue weighted by atomic mass is 16.5. The number of carbonyl (C=O) groups is 1. The molecule has 0 aliphatic heterocycles. The summed E-state index contributed by atoms with van der Waals surface area (Å²) in [5.74, 6) is 0.792. The van der Waals surface area contributed by atoms with E-state index in [1.54, 1.807) is 0 Å². The minimum atomic E-state index is -0.223. The van der Waals surface area contributed by atoms with Crippen LogP contribution in [0.4, 0.5) is 10.5 Å². The Morgan fingerprint density at radius 1 is 1.14 bits per heavy atom. The van der Waals surface area contributed by atoms with E-state index in [1.807, 2.05) is 63.2 Å². The quantitative estimate of drug-likeness (QED) is 0.873. The van der Waals surface area contributed by atoms with Crippen molar-refractivity contribution in [3.05, 3.63) is 59.7 Å². The number of nitrogens with one attached hydrogen (secondary N) is 2. The fraction of sp³-hybridized carbons (Fsp3) is 0.278. The second kappa shape index (κ2) is 7.50. The van der Waals surface area contributed by atoms with Crippen molar-refractivity contribution in [1.82, 2.24) is 5.32 Å². The van der Waals surface area contributed by atoms with E-state index in [4.69, 9.17) is 4.74 Å². The Hall–Kier alpha value is -2.49. The number of anilines is 1. The summed E-state index contributed by atoms with van der Waals surface area (Å²) in [7, 11) is 0. The number of carbonyl (C=O) groups excluding carboxylic acids is 1. The summed E-state index contributed by atoms with van der Waals surface area (Å²) in [6.45, 7) is 6.49. The number of ether oxygens (including phenoxy) is 1. The van der Waals surface area contributed by atoms with Crippen molar-refractivity contribution in [1.29, 1.82) is 0 Å². The average Bonchev–Trinajstić information content (AvgIpc) is 2.47. The number of aryl methyl sites for hydroxylation is 1. The minimum absolute atomic E-state index is 0.136. The van der Waals surface area contributed by atoms with Gasteiger partial charge in [-0.25, -0.2) is 4.79 Å². The van der Waals surface area contributed by atoms with Gasteiger partial charge in [-0.2, -0.15) is 0 Å². The van der Waals surface area contributed by atoms with Crippen molar-refractivity contribution in [2.24, 2.45) is 0 Å². The third kappa shape index (κ3) is 5.13. The van der Waals surface area contributed by atoms with Gasteiger partial charge < -0.3 is 15.4 Å². The van der Waals surface area contributed by atoms with Crippen LogP contribution < -0.4 is 15.4 Å². The monoisotopic (exact) mass is 298 g/mol. The van der Waals surface area contributed by atoms with E-state index in [2.05, 4.69) is 16.7 Å². The molecule has 2 aromatic rings. The SMILES string of the molecule is Cc1cccc(CNC(=O)Nc2ccc(OC(C)C)cc2)c1.